The van der Waals surface area contributed by atoms with Gasteiger partial charge in [0.05, 0.1) is 13.2 Å². The monoisotopic (exact) mass is 317 g/mol. The highest BCUT2D eigenvalue weighted by atomic mass is 32.1. The minimum Gasteiger partial charge on any atom is -0.497 e. The van der Waals surface area contributed by atoms with Crippen LogP contribution >= 0.6 is 11.3 Å². The number of aryl methyl sites for hydroxylation is 1. The van der Waals surface area contributed by atoms with Gasteiger partial charge in [-0.05, 0) is 32.3 Å². The van der Waals surface area contributed by atoms with Crippen molar-refractivity contribution in [3.8, 4) is 5.75 Å². The molecular weight excluding hydrogens is 298 g/mol. The summed E-state index contributed by atoms with van der Waals surface area (Å²) in [6, 6.07) is 3.50. The standard InChI is InChI=1S/C16H19N3O2S/c1-11-10-22-15(18-11)14-5-3-4-8-19(14)16(20)13-9-12(21-2)6-7-17-13/h6-7,9-10,14H,3-5,8H2,1-2H3. The van der Waals surface area contributed by atoms with Gasteiger partial charge in [0.1, 0.15) is 16.5 Å². The lowest BCUT2D eigenvalue weighted by molar-refractivity contribution is 0.0604. The molecule has 5 nitrogen and oxygen atoms in total. The third-order valence-corrected chi connectivity index (χ3v) is 4.94. The molecule has 6 heteroatoms. The van der Waals surface area contributed by atoms with Crippen LogP contribution in [0.5, 0.6) is 5.75 Å². The molecule has 0 bridgehead atoms. The molecule has 1 aliphatic rings. The van der Waals surface area contributed by atoms with E-state index >= 15 is 0 Å². The number of carbonyl (C=O) groups is 1. The molecule has 2 aromatic rings. The third-order valence-electron chi connectivity index (χ3n) is 3.87. The largest absolute Gasteiger partial charge is 0.497 e. The van der Waals surface area contributed by atoms with Gasteiger partial charge in [0.2, 0.25) is 0 Å². The molecule has 22 heavy (non-hydrogen) atoms. The Morgan fingerprint density at radius 2 is 2.32 bits per heavy atom. The van der Waals surface area contributed by atoms with E-state index in [2.05, 4.69) is 9.97 Å². The highest BCUT2D eigenvalue weighted by Crippen LogP contribution is 2.33. The average Bonchev–Trinajstić information content (AvgIpc) is 3.00. The molecule has 1 atom stereocenters. The van der Waals surface area contributed by atoms with Crippen LogP contribution in [0.4, 0.5) is 0 Å². The van der Waals surface area contributed by atoms with Gasteiger partial charge >= 0.3 is 0 Å². The van der Waals surface area contributed by atoms with Gasteiger partial charge in [0, 0.05) is 29.9 Å². The van der Waals surface area contributed by atoms with Crippen LogP contribution in [0.2, 0.25) is 0 Å². The summed E-state index contributed by atoms with van der Waals surface area (Å²) in [5, 5.41) is 3.06. The second-order valence-electron chi connectivity index (χ2n) is 5.42. The van der Waals surface area contributed by atoms with Crippen LogP contribution in [0.3, 0.4) is 0 Å². The minimum absolute atomic E-state index is 0.0450. The molecule has 1 fully saturated rings. The lowest BCUT2D eigenvalue weighted by atomic mass is 10.0. The Morgan fingerprint density at radius 3 is 3.05 bits per heavy atom. The van der Waals surface area contributed by atoms with E-state index in [1.165, 1.54) is 0 Å². The Hall–Kier alpha value is -1.95. The molecule has 0 aliphatic carbocycles. The topological polar surface area (TPSA) is 55.3 Å². The summed E-state index contributed by atoms with van der Waals surface area (Å²) in [5.41, 5.74) is 1.44. The highest BCUT2D eigenvalue weighted by Gasteiger charge is 2.31. The van der Waals surface area contributed by atoms with Crippen molar-refractivity contribution in [1.29, 1.82) is 0 Å². The van der Waals surface area contributed by atoms with Crippen molar-refractivity contribution in [2.75, 3.05) is 13.7 Å². The number of thiazole rings is 1. The number of likely N-dealkylation sites (tertiary alicyclic amines) is 1. The van der Waals surface area contributed by atoms with Crippen molar-refractivity contribution in [1.82, 2.24) is 14.9 Å². The van der Waals surface area contributed by atoms with Gasteiger partial charge in [-0.1, -0.05) is 0 Å². The van der Waals surface area contributed by atoms with E-state index in [0.717, 1.165) is 36.5 Å². The fourth-order valence-electron chi connectivity index (χ4n) is 2.76. The second-order valence-corrected chi connectivity index (χ2v) is 6.31. The van der Waals surface area contributed by atoms with Gasteiger partial charge in [-0.15, -0.1) is 11.3 Å². The Kier molecular flexibility index (Phi) is 4.38. The first-order valence-corrected chi connectivity index (χ1v) is 8.30. The van der Waals surface area contributed by atoms with E-state index in [9.17, 15) is 4.79 Å². The number of ether oxygens (including phenoxy) is 1. The smallest absolute Gasteiger partial charge is 0.273 e. The highest BCUT2D eigenvalue weighted by molar-refractivity contribution is 7.09. The summed E-state index contributed by atoms with van der Waals surface area (Å²) in [6.45, 7) is 2.74. The molecule has 0 N–H and O–H groups in total. The maximum Gasteiger partial charge on any atom is 0.273 e. The first-order chi connectivity index (χ1) is 10.7. The number of methoxy groups -OCH3 is 1. The van der Waals surface area contributed by atoms with Crippen LogP contribution in [0, 0.1) is 6.92 Å². The van der Waals surface area contributed by atoms with Crippen molar-refractivity contribution in [3.63, 3.8) is 0 Å². The van der Waals surface area contributed by atoms with Crippen molar-refractivity contribution in [3.05, 3.63) is 40.1 Å². The summed E-state index contributed by atoms with van der Waals surface area (Å²) < 4.78 is 5.19. The summed E-state index contributed by atoms with van der Waals surface area (Å²) >= 11 is 1.63. The number of carbonyl (C=O) groups excluding carboxylic acids is 1. The maximum absolute atomic E-state index is 12.8. The normalized spacial score (nSPS) is 18.3. The molecule has 3 heterocycles. The van der Waals surface area contributed by atoms with Gasteiger partial charge in [-0.3, -0.25) is 9.78 Å². The number of hydrogen-bond acceptors (Lipinski definition) is 5. The summed E-state index contributed by atoms with van der Waals surface area (Å²) in [4.78, 5) is 23.5. The molecule has 1 aliphatic heterocycles. The first kappa shape index (κ1) is 15.0. The van der Waals surface area contributed by atoms with Gasteiger partial charge < -0.3 is 9.64 Å². The zero-order valence-electron chi connectivity index (χ0n) is 12.8. The maximum atomic E-state index is 12.8. The van der Waals surface area contributed by atoms with Crippen LogP contribution in [0.25, 0.3) is 0 Å². The molecular formula is C16H19N3O2S. The second kappa shape index (κ2) is 6.44. The van der Waals surface area contributed by atoms with Crippen molar-refractivity contribution < 1.29 is 9.53 Å². The van der Waals surface area contributed by atoms with Crippen molar-refractivity contribution in [2.45, 2.75) is 32.2 Å². The Balaban J connectivity index is 1.88. The molecule has 0 aromatic carbocycles. The van der Waals surface area contributed by atoms with Crippen LogP contribution < -0.4 is 4.74 Å². The van der Waals surface area contributed by atoms with E-state index in [4.69, 9.17) is 4.74 Å². The SMILES string of the molecule is COc1ccnc(C(=O)N2CCCCC2c2nc(C)cs2)c1. The first-order valence-electron chi connectivity index (χ1n) is 7.42. The predicted octanol–water partition coefficient (Wildman–Crippen LogP) is 3.22. The number of pyridine rings is 1. The zero-order chi connectivity index (χ0) is 15.5. The van der Waals surface area contributed by atoms with Crippen LogP contribution in [-0.4, -0.2) is 34.4 Å². The van der Waals surface area contributed by atoms with Crippen LogP contribution in [0.1, 0.15) is 46.5 Å². The van der Waals surface area contributed by atoms with Gasteiger partial charge in [0.25, 0.3) is 5.91 Å². The van der Waals surface area contributed by atoms with E-state index in [-0.39, 0.29) is 11.9 Å². The van der Waals surface area contributed by atoms with Crippen LogP contribution in [0.15, 0.2) is 23.7 Å². The lowest BCUT2D eigenvalue weighted by Gasteiger charge is -2.34. The fourth-order valence-corrected chi connectivity index (χ4v) is 3.70. The summed E-state index contributed by atoms with van der Waals surface area (Å²) in [7, 11) is 1.59. The number of amides is 1. The number of rotatable bonds is 3. The number of hydrogen-bond donors (Lipinski definition) is 0. The van der Waals surface area contributed by atoms with E-state index in [0.29, 0.717) is 11.4 Å². The van der Waals surface area contributed by atoms with Gasteiger partial charge in [0.15, 0.2) is 0 Å². The fraction of sp³-hybridized carbons (Fsp3) is 0.438. The molecule has 0 radical (unpaired) electrons. The molecule has 116 valence electrons. The van der Waals surface area contributed by atoms with Crippen LogP contribution in [-0.2, 0) is 0 Å². The zero-order valence-corrected chi connectivity index (χ0v) is 13.6. The van der Waals surface area contributed by atoms with E-state index < -0.39 is 0 Å². The average molecular weight is 317 g/mol. The number of aromatic nitrogens is 2. The minimum atomic E-state index is -0.0450. The number of nitrogens with zero attached hydrogens (tertiary/aromatic N) is 3. The van der Waals surface area contributed by atoms with E-state index in [1.54, 1.807) is 36.8 Å². The Bertz CT molecular complexity index is 671. The molecule has 1 unspecified atom stereocenters. The molecule has 0 spiro atoms. The van der Waals surface area contributed by atoms with Gasteiger partial charge in [-0.2, -0.15) is 0 Å². The lowest BCUT2D eigenvalue weighted by Crippen LogP contribution is -2.38. The molecule has 3 rings (SSSR count). The molecule has 2 aromatic heterocycles. The quantitative estimate of drug-likeness (QED) is 0.872. The summed E-state index contributed by atoms with van der Waals surface area (Å²) in [6.07, 6.45) is 4.72. The predicted molar refractivity (Wildman–Crippen MR) is 85.3 cm³/mol. The van der Waals surface area contributed by atoms with Crippen molar-refractivity contribution >= 4 is 17.2 Å². The van der Waals surface area contributed by atoms with Crippen molar-refractivity contribution in [2.24, 2.45) is 0 Å². The number of piperidine rings is 1. The van der Waals surface area contributed by atoms with E-state index in [1.807, 2.05) is 17.2 Å². The molecule has 0 saturated carbocycles. The molecule has 1 amide bonds. The Labute approximate surface area is 134 Å². The third kappa shape index (κ3) is 2.97. The molecule has 1 saturated heterocycles. The Morgan fingerprint density at radius 1 is 1.45 bits per heavy atom. The van der Waals surface area contributed by atoms with Gasteiger partial charge in [-0.25, -0.2) is 4.98 Å². The summed E-state index contributed by atoms with van der Waals surface area (Å²) in [5.74, 6) is 0.605.